The minimum Gasteiger partial charge on any atom is -0.0882 e. The largest absolute Gasteiger partial charge is 0.0882 e. The Hall–Kier alpha value is -0.520. The molecule has 0 amide bonds. The first-order valence-electron chi connectivity index (χ1n) is 5.08. The molecule has 0 spiro atoms. The number of hydrogen-bond acceptors (Lipinski definition) is 0. The van der Waals surface area contributed by atoms with Crippen molar-refractivity contribution in [2.75, 3.05) is 0 Å². The zero-order valence-electron chi connectivity index (χ0n) is 8.56. The van der Waals surface area contributed by atoms with Crippen molar-refractivity contribution < 1.29 is 0 Å². The van der Waals surface area contributed by atoms with Crippen LogP contribution in [-0.2, 0) is 0 Å². The van der Waals surface area contributed by atoms with Gasteiger partial charge in [0.05, 0.1) is 0 Å². The van der Waals surface area contributed by atoms with Crippen LogP contribution in [-0.4, -0.2) is 0 Å². The number of allylic oxidation sites excluding steroid dienone is 4. The Labute approximate surface area is 76.4 Å². The molecule has 68 valence electrons. The van der Waals surface area contributed by atoms with Crippen molar-refractivity contribution in [2.24, 2.45) is 5.92 Å². The van der Waals surface area contributed by atoms with Gasteiger partial charge in [0.15, 0.2) is 0 Å². The molecule has 0 radical (unpaired) electrons. The van der Waals surface area contributed by atoms with Crippen molar-refractivity contribution in [3.05, 3.63) is 23.3 Å². The van der Waals surface area contributed by atoms with Gasteiger partial charge in [-0.15, -0.1) is 0 Å². The summed E-state index contributed by atoms with van der Waals surface area (Å²) >= 11 is 0. The number of hydrogen-bond donors (Lipinski definition) is 0. The quantitative estimate of drug-likeness (QED) is 0.539. The van der Waals surface area contributed by atoms with Crippen LogP contribution in [0.1, 0.15) is 46.5 Å². The summed E-state index contributed by atoms with van der Waals surface area (Å²) in [5.74, 6) is 0.851. The maximum absolute atomic E-state index is 2.41. The van der Waals surface area contributed by atoms with Crippen molar-refractivity contribution in [3.8, 4) is 0 Å². The predicted molar refractivity (Wildman–Crippen MR) is 55.1 cm³/mol. The highest BCUT2D eigenvalue weighted by atomic mass is 14.2. The second-order valence-electron chi connectivity index (χ2n) is 3.74. The SMILES string of the molecule is CC=C(CC)C1CC=C(C)CC1. The van der Waals surface area contributed by atoms with E-state index in [2.05, 4.69) is 32.9 Å². The highest BCUT2D eigenvalue weighted by molar-refractivity contribution is 5.13. The van der Waals surface area contributed by atoms with Gasteiger partial charge in [0.1, 0.15) is 0 Å². The molecule has 1 atom stereocenters. The second kappa shape index (κ2) is 4.49. The fraction of sp³-hybridized carbons (Fsp3) is 0.667. The van der Waals surface area contributed by atoms with E-state index in [4.69, 9.17) is 0 Å². The lowest BCUT2D eigenvalue weighted by Crippen LogP contribution is -2.07. The Bertz CT molecular complexity index is 196. The van der Waals surface area contributed by atoms with Crippen molar-refractivity contribution in [3.63, 3.8) is 0 Å². The molecular formula is C12H20. The Balaban J connectivity index is 2.56. The van der Waals surface area contributed by atoms with Gasteiger partial charge in [-0.1, -0.05) is 30.2 Å². The Kier molecular flexibility index (Phi) is 3.58. The lowest BCUT2D eigenvalue weighted by Gasteiger charge is -2.22. The minimum atomic E-state index is 0.851. The molecule has 0 aliphatic heterocycles. The second-order valence-corrected chi connectivity index (χ2v) is 3.74. The monoisotopic (exact) mass is 164 g/mol. The van der Waals surface area contributed by atoms with Crippen LogP contribution in [0.4, 0.5) is 0 Å². The summed E-state index contributed by atoms with van der Waals surface area (Å²) in [4.78, 5) is 0. The van der Waals surface area contributed by atoms with E-state index in [0.29, 0.717) is 0 Å². The molecule has 0 heteroatoms. The summed E-state index contributed by atoms with van der Waals surface area (Å²) in [5, 5.41) is 0. The van der Waals surface area contributed by atoms with Crippen LogP contribution in [0.2, 0.25) is 0 Å². The molecule has 1 aliphatic rings. The molecule has 1 aliphatic carbocycles. The van der Waals surface area contributed by atoms with Crippen LogP contribution in [0.5, 0.6) is 0 Å². The van der Waals surface area contributed by atoms with Crippen LogP contribution in [0.15, 0.2) is 23.3 Å². The highest BCUT2D eigenvalue weighted by Crippen LogP contribution is 2.30. The molecule has 0 N–H and O–H groups in total. The van der Waals surface area contributed by atoms with Gasteiger partial charge in [-0.2, -0.15) is 0 Å². The van der Waals surface area contributed by atoms with Crippen LogP contribution in [0.3, 0.4) is 0 Å². The fourth-order valence-corrected chi connectivity index (χ4v) is 2.03. The van der Waals surface area contributed by atoms with Crippen LogP contribution in [0, 0.1) is 5.92 Å². The topological polar surface area (TPSA) is 0 Å². The Morgan fingerprint density at radius 1 is 1.67 bits per heavy atom. The molecule has 0 aromatic rings. The van der Waals surface area contributed by atoms with E-state index in [9.17, 15) is 0 Å². The van der Waals surface area contributed by atoms with Crippen molar-refractivity contribution >= 4 is 0 Å². The molecule has 0 saturated carbocycles. The first kappa shape index (κ1) is 9.57. The maximum atomic E-state index is 2.41. The molecule has 0 fully saturated rings. The van der Waals surface area contributed by atoms with Crippen LogP contribution < -0.4 is 0 Å². The van der Waals surface area contributed by atoms with Gasteiger partial charge in [0.2, 0.25) is 0 Å². The normalized spacial score (nSPS) is 25.4. The van der Waals surface area contributed by atoms with E-state index in [-0.39, 0.29) is 0 Å². The van der Waals surface area contributed by atoms with Gasteiger partial charge in [0.25, 0.3) is 0 Å². The summed E-state index contributed by atoms with van der Waals surface area (Å²) < 4.78 is 0. The molecular weight excluding hydrogens is 144 g/mol. The first-order chi connectivity index (χ1) is 5.77. The minimum absolute atomic E-state index is 0.851. The maximum Gasteiger partial charge on any atom is -0.0166 e. The third kappa shape index (κ3) is 2.23. The fourth-order valence-electron chi connectivity index (χ4n) is 2.03. The van der Waals surface area contributed by atoms with Gasteiger partial charge in [-0.3, -0.25) is 0 Å². The molecule has 1 rings (SSSR count). The lowest BCUT2D eigenvalue weighted by molar-refractivity contribution is 0.525. The van der Waals surface area contributed by atoms with Crippen LogP contribution in [0.25, 0.3) is 0 Å². The lowest BCUT2D eigenvalue weighted by atomic mass is 9.83. The van der Waals surface area contributed by atoms with E-state index >= 15 is 0 Å². The zero-order valence-corrected chi connectivity index (χ0v) is 8.56. The van der Waals surface area contributed by atoms with Gasteiger partial charge < -0.3 is 0 Å². The molecule has 0 bridgehead atoms. The molecule has 0 aromatic carbocycles. The average Bonchev–Trinajstić information content (AvgIpc) is 2.10. The highest BCUT2D eigenvalue weighted by Gasteiger charge is 2.14. The molecule has 0 heterocycles. The standard InChI is InChI=1S/C12H20/c1-4-11(5-2)12-8-6-10(3)7-9-12/h4,6,12H,5,7-9H2,1-3H3. The summed E-state index contributed by atoms with van der Waals surface area (Å²) in [6.07, 6.45) is 9.90. The Morgan fingerprint density at radius 3 is 2.83 bits per heavy atom. The number of rotatable bonds is 2. The summed E-state index contributed by atoms with van der Waals surface area (Å²) in [6.45, 7) is 6.68. The first-order valence-corrected chi connectivity index (χ1v) is 5.08. The van der Waals surface area contributed by atoms with E-state index in [1.165, 1.54) is 25.7 Å². The van der Waals surface area contributed by atoms with Crippen molar-refractivity contribution in [1.29, 1.82) is 0 Å². The van der Waals surface area contributed by atoms with E-state index in [0.717, 1.165) is 5.92 Å². The van der Waals surface area contributed by atoms with Gasteiger partial charge >= 0.3 is 0 Å². The van der Waals surface area contributed by atoms with Crippen LogP contribution >= 0.6 is 0 Å². The molecule has 1 unspecified atom stereocenters. The molecule has 0 saturated heterocycles. The van der Waals surface area contributed by atoms with E-state index in [1.54, 1.807) is 11.1 Å². The van der Waals surface area contributed by atoms with Gasteiger partial charge in [0, 0.05) is 0 Å². The summed E-state index contributed by atoms with van der Waals surface area (Å²) in [6, 6.07) is 0. The molecule has 0 aromatic heterocycles. The van der Waals surface area contributed by atoms with E-state index < -0.39 is 0 Å². The summed E-state index contributed by atoms with van der Waals surface area (Å²) in [5.41, 5.74) is 3.23. The predicted octanol–water partition coefficient (Wildman–Crippen LogP) is 4.09. The average molecular weight is 164 g/mol. The van der Waals surface area contributed by atoms with Gasteiger partial charge in [-0.25, -0.2) is 0 Å². The third-order valence-corrected chi connectivity index (χ3v) is 2.94. The van der Waals surface area contributed by atoms with Crippen molar-refractivity contribution in [2.45, 2.75) is 46.5 Å². The third-order valence-electron chi connectivity index (χ3n) is 2.94. The Morgan fingerprint density at radius 2 is 2.42 bits per heavy atom. The zero-order chi connectivity index (χ0) is 8.97. The summed E-state index contributed by atoms with van der Waals surface area (Å²) in [7, 11) is 0. The molecule has 12 heavy (non-hydrogen) atoms. The van der Waals surface area contributed by atoms with Crippen molar-refractivity contribution in [1.82, 2.24) is 0 Å². The smallest absolute Gasteiger partial charge is 0.0166 e. The molecule has 0 nitrogen and oxygen atoms in total. The van der Waals surface area contributed by atoms with Gasteiger partial charge in [-0.05, 0) is 45.4 Å². The van der Waals surface area contributed by atoms with E-state index in [1.807, 2.05) is 0 Å².